The van der Waals surface area contributed by atoms with Crippen molar-refractivity contribution in [2.45, 2.75) is 26.3 Å². The van der Waals surface area contributed by atoms with Gasteiger partial charge in [0.05, 0.1) is 13.2 Å². The molecule has 1 aromatic heterocycles. The summed E-state index contributed by atoms with van der Waals surface area (Å²) in [6.45, 7) is 4.17. The van der Waals surface area contributed by atoms with E-state index in [1.807, 2.05) is 0 Å². The van der Waals surface area contributed by atoms with Gasteiger partial charge in [0.2, 0.25) is 0 Å². The number of hydrogen-bond donors (Lipinski definition) is 2. The normalized spacial score (nSPS) is 12.4. The number of methoxy groups -OCH3 is 1. The van der Waals surface area contributed by atoms with Gasteiger partial charge in [0.15, 0.2) is 0 Å². The summed E-state index contributed by atoms with van der Waals surface area (Å²) in [5.41, 5.74) is 7.75. The molecule has 0 amide bonds. The first-order valence-electron chi connectivity index (χ1n) is 6.28. The number of rotatable bonds is 5. The lowest BCUT2D eigenvalue weighted by Gasteiger charge is -2.21. The average molecular weight is 276 g/mol. The van der Waals surface area contributed by atoms with E-state index in [1.54, 1.807) is 18.4 Å². The van der Waals surface area contributed by atoms with Gasteiger partial charge in [0.1, 0.15) is 5.75 Å². The van der Waals surface area contributed by atoms with Crippen molar-refractivity contribution < 1.29 is 4.74 Å². The van der Waals surface area contributed by atoms with E-state index in [0.717, 1.165) is 17.7 Å². The average Bonchev–Trinajstić information content (AvgIpc) is 2.88. The van der Waals surface area contributed by atoms with E-state index in [-0.39, 0.29) is 6.04 Å². The molecule has 102 valence electrons. The summed E-state index contributed by atoms with van der Waals surface area (Å²) in [6.07, 6.45) is 0.861. The lowest BCUT2D eigenvalue weighted by atomic mass is 9.94. The molecule has 2 rings (SSSR count). The second-order valence-electron chi connectivity index (χ2n) is 4.75. The van der Waals surface area contributed by atoms with Gasteiger partial charge in [-0.15, -0.1) is 0 Å². The highest BCUT2D eigenvalue weighted by Gasteiger charge is 2.18. The van der Waals surface area contributed by atoms with E-state index in [9.17, 15) is 0 Å². The van der Waals surface area contributed by atoms with Gasteiger partial charge in [-0.2, -0.15) is 11.3 Å². The summed E-state index contributed by atoms with van der Waals surface area (Å²) in [7, 11) is 1.70. The largest absolute Gasteiger partial charge is 0.496 e. The first-order chi connectivity index (χ1) is 9.15. The first kappa shape index (κ1) is 14.1. The van der Waals surface area contributed by atoms with Crippen LogP contribution in [0.3, 0.4) is 0 Å². The van der Waals surface area contributed by atoms with Crippen molar-refractivity contribution in [2.75, 3.05) is 7.11 Å². The van der Waals surface area contributed by atoms with Gasteiger partial charge in [-0.3, -0.25) is 11.3 Å². The van der Waals surface area contributed by atoms with Crippen LogP contribution in [0.2, 0.25) is 0 Å². The number of aryl methyl sites for hydroxylation is 2. The highest BCUT2D eigenvalue weighted by molar-refractivity contribution is 7.07. The third kappa shape index (κ3) is 3.15. The lowest BCUT2D eigenvalue weighted by molar-refractivity contribution is 0.398. The molecule has 2 aromatic rings. The van der Waals surface area contributed by atoms with Gasteiger partial charge in [0, 0.05) is 5.56 Å². The molecular formula is C15H20N2OS. The Morgan fingerprint density at radius 3 is 2.74 bits per heavy atom. The maximum atomic E-state index is 5.75. The Kier molecular flexibility index (Phi) is 4.58. The molecule has 1 aromatic carbocycles. The van der Waals surface area contributed by atoms with Crippen LogP contribution in [-0.2, 0) is 6.42 Å². The third-order valence-corrected chi connectivity index (χ3v) is 4.01. The fourth-order valence-corrected chi connectivity index (χ4v) is 3.13. The Morgan fingerprint density at radius 2 is 2.16 bits per heavy atom. The predicted octanol–water partition coefficient (Wildman–Crippen LogP) is 3.12. The number of hydrogen-bond acceptors (Lipinski definition) is 4. The van der Waals surface area contributed by atoms with Gasteiger partial charge in [-0.05, 0) is 59.9 Å². The Bertz CT molecular complexity index is 537. The molecule has 1 unspecified atom stereocenters. The number of nitrogens with one attached hydrogen (secondary N) is 1. The summed E-state index contributed by atoms with van der Waals surface area (Å²) in [5.74, 6) is 6.65. The fourth-order valence-electron chi connectivity index (χ4n) is 2.44. The van der Waals surface area contributed by atoms with Crippen molar-refractivity contribution >= 4 is 11.3 Å². The molecule has 0 fully saturated rings. The number of hydrazine groups is 1. The highest BCUT2D eigenvalue weighted by Crippen LogP contribution is 2.31. The Hall–Kier alpha value is -1.36. The molecule has 0 radical (unpaired) electrons. The van der Waals surface area contributed by atoms with Crippen LogP contribution in [0.4, 0.5) is 0 Å². The number of thiophene rings is 1. The van der Waals surface area contributed by atoms with E-state index in [1.165, 1.54) is 16.7 Å². The molecule has 0 saturated carbocycles. The summed E-state index contributed by atoms with van der Waals surface area (Å²) in [6, 6.07) is 6.41. The zero-order chi connectivity index (χ0) is 13.8. The van der Waals surface area contributed by atoms with Gasteiger partial charge in [-0.1, -0.05) is 6.07 Å². The van der Waals surface area contributed by atoms with E-state index in [2.05, 4.69) is 48.2 Å². The van der Waals surface area contributed by atoms with Gasteiger partial charge in [-0.25, -0.2) is 0 Å². The summed E-state index contributed by atoms with van der Waals surface area (Å²) >= 11 is 1.70. The monoisotopic (exact) mass is 276 g/mol. The van der Waals surface area contributed by atoms with E-state index < -0.39 is 0 Å². The van der Waals surface area contributed by atoms with E-state index in [0.29, 0.717) is 0 Å². The second-order valence-corrected chi connectivity index (χ2v) is 5.53. The van der Waals surface area contributed by atoms with Crippen molar-refractivity contribution in [1.29, 1.82) is 0 Å². The third-order valence-electron chi connectivity index (χ3n) is 3.28. The predicted molar refractivity (Wildman–Crippen MR) is 80.6 cm³/mol. The van der Waals surface area contributed by atoms with Crippen molar-refractivity contribution in [1.82, 2.24) is 5.43 Å². The van der Waals surface area contributed by atoms with Crippen LogP contribution < -0.4 is 16.0 Å². The zero-order valence-corrected chi connectivity index (χ0v) is 12.4. The number of ether oxygens (including phenoxy) is 1. The summed E-state index contributed by atoms with van der Waals surface area (Å²) in [5, 5.41) is 4.24. The molecule has 1 heterocycles. The molecule has 0 spiro atoms. The molecule has 3 N–H and O–H groups in total. The van der Waals surface area contributed by atoms with E-state index >= 15 is 0 Å². The maximum Gasteiger partial charge on any atom is 0.124 e. The first-order valence-corrected chi connectivity index (χ1v) is 7.22. The van der Waals surface area contributed by atoms with Crippen LogP contribution in [0.15, 0.2) is 29.0 Å². The van der Waals surface area contributed by atoms with Crippen LogP contribution >= 0.6 is 11.3 Å². The quantitative estimate of drug-likeness (QED) is 0.651. The van der Waals surface area contributed by atoms with Crippen molar-refractivity contribution in [3.63, 3.8) is 0 Å². The summed E-state index contributed by atoms with van der Waals surface area (Å²) in [4.78, 5) is 0. The molecule has 19 heavy (non-hydrogen) atoms. The van der Waals surface area contributed by atoms with E-state index in [4.69, 9.17) is 10.6 Å². The number of nitrogens with two attached hydrogens (primary N) is 1. The Morgan fingerprint density at radius 1 is 1.37 bits per heavy atom. The van der Waals surface area contributed by atoms with Gasteiger partial charge < -0.3 is 4.74 Å². The SMILES string of the molecule is COc1cc(C)cc(C)c1C(Cc1ccsc1)NN. The Balaban J connectivity index is 2.37. The highest BCUT2D eigenvalue weighted by atomic mass is 32.1. The fraction of sp³-hybridized carbons (Fsp3) is 0.333. The molecule has 0 saturated heterocycles. The minimum atomic E-state index is 0.0603. The van der Waals surface area contributed by atoms with Crippen LogP contribution in [0.25, 0.3) is 0 Å². The Labute approximate surface area is 118 Å². The van der Waals surface area contributed by atoms with Crippen molar-refractivity contribution in [3.05, 3.63) is 51.2 Å². The molecule has 4 heteroatoms. The standard InChI is InChI=1S/C15H20N2OS/c1-10-6-11(2)15(14(7-10)18-3)13(17-16)8-12-4-5-19-9-12/h4-7,9,13,17H,8,16H2,1-3H3. The molecule has 0 bridgehead atoms. The minimum Gasteiger partial charge on any atom is -0.496 e. The van der Waals surface area contributed by atoms with Crippen LogP contribution in [0.5, 0.6) is 5.75 Å². The molecule has 1 atom stereocenters. The molecule has 0 aliphatic rings. The number of benzene rings is 1. The zero-order valence-electron chi connectivity index (χ0n) is 11.6. The van der Waals surface area contributed by atoms with Crippen LogP contribution in [0, 0.1) is 13.8 Å². The lowest BCUT2D eigenvalue weighted by Crippen LogP contribution is -2.30. The molecular weight excluding hydrogens is 256 g/mol. The van der Waals surface area contributed by atoms with Crippen LogP contribution in [-0.4, -0.2) is 7.11 Å². The molecule has 0 aliphatic heterocycles. The topological polar surface area (TPSA) is 47.3 Å². The van der Waals surface area contributed by atoms with Crippen molar-refractivity contribution in [3.8, 4) is 5.75 Å². The molecule has 3 nitrogen and oxygen atoms in total. The molecule has 0 aliphatic carbocycles. The summed E-state index contributed by atoms with van der Waals surface area (Å²) < 4.78 is 5.52. The smallest absolute Gasteiger partial charge is 0.124 e. The van der Waals surface area contributed by atoms with Crippen molar-refractivity contribution in [2.24, 2.45) is 5.84 Å². The maximum absolute atomic E-state index is 5.75. The minimum absolute atomic E-state index is 0.0603. The van der Waals surface area contributed by atoms with Crippen LogP contribution in [0.1, 0.15) is 28.3 Å². The second kappa shape index (κ2) is 6.19. The van der Waals surface area contributed by atoms with Gasteiger partial charge in [0.25, 0.3) is 0 Å². The van der Waals surface area contributed by atoms with Gasteiger partial charge >= 0.3 is 0 Å².